The van der Waals surface area contributed by atoms with Gasteiger partial charge in [-0.3, -0.25) is 0 Å². The van der Waals surface area contributed by atoms with Crippen molar-refractivity contribution in [2.45, 2.75) is 13.8 Å². The van der Waals surface area contributed by atoms with E-state index in [0.717, 1.165) is 13.1 Å². The molecule has 0 radical (unpaired) electrons. The summed E-state index contributed by atoms with van der Waals surface area (Å²) >= 11 is 0. The third kappa shape index (κ3) is 7.36. The fourth-order valence-corrected chi connectivity index (χ4v) is 2.48. The average molecular weight is 358 g/mol. The lowest BCUT2D eigenvalue weighted by atomic mass is 10.0. The van der Waals surface area contributed by atoms with E-state index >= 15 is 0 Å². The number of carbonyl (C=O) groups excluding carboxylic acids is 1. The van der Waals surface area contributed by atoms with Crippen molar-refractivity contribution in [3.8, 4) is 11.1 Å². The first-order valence-electron chi connectivity index (χ1n) is 8.65. The van der Waals surface area contributed by atoms with Crippen LogP contribution >= 0.6 is 0 Å². The number of rotatable bonds is 7. The van der Waals surface area contributed by atoms with Crippen LogP contribution in [0.5, 0.6) is 0 Å². The molecule has 0 spiro atoms. The number of anilines is 1. The predicted molar refractivity (Wildman–Crippen MR) is 99.9 cm³/mol. The number of benzene rings is 2. The van der Waals surface area contributed by atoms with Crippen LogP contribution in [0.2, 0.25) is 0 Å². The summed E-state index contributed by atoms with van der Waals surface area (Å²) in [5, 5.41) is 19.9. The molecule has 0 aromatic heterocycles. The van der Waals surface area contributed by atoms with Crippen LogP contribution < -0.4 is 15.3 Å². The van der Waals surface area contributed by atoms with Crippen molar-refractivity contribution < 1.29 is 24.7 Å². The lowest BCUT2D eigenvalue weighted by Gasteiger charge is -2.17. The zero-order chi connectivity index (χ0) is 19.4. The highest BCUT2D eigenvalue weighted by Gasteiger charge is 2.05. The molecule has 2 aromatic rings. The predicted octanol–water partition coefficient (Wildman–Crippen LogP) is 0.511. The van der Waals surface area contributed by atoms with E-state index in [0.29, 0.717) is 0 Å². The summed E-state index contributed by atoms with van der Waals surface area (Å²) in [5.41, 5.74) is 3.78. The highest BCUT2D eigenvalue weighted by molar-refractivity contribution is 6.26. The summed E-state index contributed by atoms with van der Waals surface area (Å²) in [6.07, 6.45) is 0. The third-order valence-electron chi connectivity index (χ3n) is 3.98. The highest BCUT2D eigenvalue weighted by atomic mass is 16.4. The average Bonchev–Trinajstić information content (AvgIpc) is 2.67. The van der Waals surface area contributed by atoms with Crippen LogP contribution in [-0.2, 0) is 9.59 Å². The van der Waals surface area contributed by atoms with E-state index in [9.17, 15) is 0 Å². The summed E-state index contributed by atoms with van der Waals surface area (Å²) in [6, 6.07) is 19.1. The number of aliphatic carboxylic acids is 2. The van der Waals surface area contributed by atoms with Crippen molar-refractivity contribution in [2.75, 3.05) is 31.5 Å². The first kappa shape index (κ1) is 21.2. The maximum atomic E-state index is 9.04. The van der Waals surface area contributed by atoms with Gasteiger partial charge < -0.3 is 25.2 Å². The number of likely N-dealkylation sites (N-methyl/N-ethyl adjacent to an activating group) is 1. The second-order valence-corrected chi connectivity index (χ2v) is 5.64. The quantitative estimate of drug-likeness (QED) is 0.627. The van der Waals surface area contributed by atoms with Crippen LogP contribution in [0.1, 0.15) is 13.8 Å². The van der Waals surface area contributed by atoms with Gasteiger partial charge in [-0.15, -0.1) is 0 Å². The Morgan fingerprint density at radius 2 is 1.54 bits per heavy atom. The minimum absolute atomic E-state index is 1.01. The topological polar surface area (TPSA) is 93.9 Å². The molecule has 26 heavy (non-hydrogen) atoms. The van der Waals surface area contributed by atoms with Gasteiger partial charge in [0.05, 0.1) is 26.2 Å². The SMILES string of the molecule is CC[NH+](CC)CCNc1ccccc1-c1ccccc1.O=C([O-])C(=O)O. The van der Waals surface area contributed by atoms with Crippen molar-refractivity contribution in [3.63, 3.8) is 0 Å². The molecule has 0 bridgehead atoms. The largest absolute Gasteiger partial charge is 0.539 e. The molecule has 0 unspecified atom stereocenters. The van der Waals surface area contributed by atoms with Gasteiger partial charge in [0.2, 0.25) is 0 Å². The van der Waals surface area contributed by atoms with Crippen LogP contribution in [0, 0.1) is 0 Å². The Hall–Kier alpha value is -2.86. The molecule has 0 aliphatic heterocycles. The van der Waals surface area contributed by atoms with Gasteiger partial charge in [0.15, 0.2) is 5.97 Å². The summed E-state index contributed by atoms with van der Waals surface area (Å²) in [6.45, 7) is 9.06. The minimum atomic E-state index is -2.07. The molecule has 0 amide bonds. The van der Waals surface area contributed by atoms with Gasteiger partial charge in [-0.2, -0.15) is 0 Å². The lowest BCUT2D eigenvalue weighted by molar-refractivity contribution is -0.894. The van der Waals surface area contributed by atoms with Gasteiger partial charge in [-0.05, 0) is 25.5 Å². The van der Waals surface area contributed by atoms with Crippen molar-refractivity contribution in [1.82, 2.24) is 0 Å². The molecular formula is C20H26N2O4. The molecule has 0 aliphatic rings. The zero-order valence-corrected chi connectivity index (χ0v) is 15.2. The molecule has 6 heteroatoms. The number of para-hydroxylation sites is 1. The minimum Gasteiger partial charge on any atom is -0.539 e. The van der Waals surface area contributed by atoms with E-state index in [-0.39, 0.29) is 0 Å². The first-order chi connectivity index (χ1) is 12.5. The molecule has 0 fully saturated rings. The number of carboxylic acid groups (broad SMARTS) is 2. The Kier molecular flexibility index (Phi) is 9.49. The van der Waals surface area contributed by atoms with Crippen LogP contribution in [0.15, 0.2) is 54.6 Å². The molecule has 0 saturated heterocycles. The normalized spacial score (nSPS) is 9.96. The highest BCUT2D eigenvalue weighted by Crippen LogP contribution is 2.27. The maximum absolute atomic E-state index is 9.04. The second kappa shape index (κ2) is 11.7. The number of carboxylic acids is 2. The molecule has 6 nitrogen and oxygen atoms in total. The maximum Gasteiger partial charge on any atom is 0.351 e. The fourth-order valence-electron chi connectivity index (χ4n) is 2.48. The van der Waals surface area contributed by atoms with Gasteiger partial charge in [0.25, 0.3) is 0 Å². The molecule has 3 N–H and O–H groups in total. The van der Waals surface area contributed by atoms with Gasteiger partial charge in [-0.1, -0.05) is 48.5 Å². The summed E-state index contributed by atoms with van der Waals surface area (Å²) in [5.74, 6) is -4.01. The standard InChI is InChI=1S/C18H24N2.C2H2O4/c1-3-20(4-2)15-14-19-18-13-9-8-12-17(18)16-10-6-5-7-11-16;3-1(4)2(5)6/h5-13,19H,3-4,14-15H2,1-2H3;(H,3,4)(H,5,6). The van der Waals surface area contributed by atoms with Gasteiger partial charge in [-0.25, -0.2) is 4.79 Å². The molecule has 0 aliphatic carbocycles. The van der Waals surface area contributed by atoms with Crippen molar-refractivity contribution in [3.05, 3.63) is 54.6 Å². The number of nitrogens with one attached hydrogen (secondary N) is 2. The molecule has 140 valence electrons. The van der Waals surface area contributed by atoms with E-state index in [1.807, 2.05) is 0 Å². The monoisotopic (exact) mass is 358 g/mol. The van der Waals surface area contributed by atoms with E-state index in [2.05, 4.69) is 73.8 Å². The molecular weight excluding hydrogens is 332 g/mol. The number of carbonyl (C=O) groups is 2. The van der Waals surface area contributed by atoms with Gasteiger partial charge in [0, 0.05) is 11.3 Å². The van der Waals surface area contributed by atoms with E-state index in [4.69, 9.17) is 19.8 Å². The third-order valence-corrected chi connectivity index (χ3v) is 3.98. The number of hydrogen-bond acceptors (Lipinski definition) is 4. The summed E-state index contributed by atoms with van der Waals surface area (Å²) < 4.78 is 0. The molecule has 2 aromatic carbocycles. The molecule has 0 atom stereocenters. The Labute approximate surface area is 154 Å². The van der Waals surface area contributed by atoms with Crippen LogP contribution in [-0.4, -0.2) is 43.2 Å². The fraction of sp³-hybridized carbons (Fsp3) is 0.300. The van der Waals surface area contributed by atoms with Gasteiger partial charge in [0.1, 0.15) is 0 Å². The number of hydrogen-bond donors (Lipinski definition) is 3. The van der Waals surface area contributed by atoms with E-state index in [1.165, 1.54) is 29.9 Å². The Morgan fingerprint density at radius 1 is 1.00 bits per heavy atom. The van der Waals surface area contributed by atoms with Gasteiger partial charge >= 0.3 is 5.97 Å². The van der Waals surface area contributed by atoms with E-state index < -0.39 is 11.9 Å². The number of quaternary nitrogens is 1. The summed E-state index contributed by atoms with van der Waals surface area (Å²) in [7, 11) is 0. The first-order valence-corrected chi connectivity index (χ1v) is 8.65. The second-order valence-electron chi connectivity index (χ2n) is 5.64. The lowest BCUT2D eigenvalue weighted by Crippen LogP contribution is -3.12. The van der Waals surface area contributed by atoms with E-state index in [1.54, 1.807) is 4.90 Å². The van der Waals surface area contributed by atoms with Crippen molar-refractivity contribution in [1.29, 1.82) is 0 Å². The van der Waals surface area contributed by atoms with Crippen LogP contribution in [0.25, 0.3) is 11.1 Å². The zero-order valence-electron chi connectivity index (χ0n) is 15.2. The van der Waals surface area contributed by atoms with Crippen molar-refractivity contribution >= 4 is 17.6 Å². The Balaban J connectivity index is 0.000000487. The molecule has 2 rings (SSSR count). The molecule has 0 saturated carbocycles. The Bertz CT molecular complexity index is 673. The van der Waals surface area contributed by atoms with Crippen LogP contribution in [0.4, 0.5) is 5.69 Å². The smallest absolute Gasteiger partial charge is 0.351 e. The molecule has 0 heterocycles. The Morgan fingerprint density at radius 3 is 2.08 bits per heavy atom. The van der Waals surface area contributed by atoms with Crippen molar-refractivity contribution in [2.24, 2.45) is 0 Å². The summed E-state index contributed by atoms with van der Waals surface area (Å²) in [4.78, 5) is 19.7. The van der Waals surface area contributed by atoms with Crippen LogP contribution in [0.3, 0.4) is 0 Å².